The van der Waals surface area contributed by atoms with Gasteiger partial charge in [-0.25, -0.2) is 23.5 Å². The Hall–Kier alpha value is -3.99. The van der Waals surface area contributed by atoms with Crippen LogP contribution in [-0.2, 0) is 22.7 Å². The number of carbonyl (C=O) groups excluding carboxylic acids is 1. The molecule has 1 atom stereocenters. The Morgan fingerprint density at radius 3 is 2.69 bits per heavy atom. The second-order valence-corrected chi connectivity index (χ2v) is 12.6. The van der Waals surface area contributed by atoms with Gasteiger partial charge in [0.05, 0.1) is 35.4 Å². The number of halogens is 2. The van der Waals surface area contributed by atoms with Gasteiger partial charge in [0.1, 0.15) is 22.2 Å². The number of fused-ring (bicyclic) bond motifs is 4. The molecule has 0 bridgehead atoms. The van der Waals surface area contributed by atoms with Gasteiger partial charge >= 0.3 is 6.09 Å². The van der Waals surface area contributed by atoms with Gasteiger partial charge in [-0.15, -0.1) is 11.3 Å². The van der Waals surface area contributed by atoms with Crippen LogP contribution in [0.2, 0.25) is 0 Å². The van der Waals surface area contributed by atoms with E-state index in [9.17, 15) is 10.1 Å². The monoisotopic (exact) mass is 593 g/mol. The summed E-state index contributed by atoms with van der Waals surface area (Å²) in [5, 5.41) is 13.4. The van der Waals surface area contributed by atoms with Crippen LogP contribution in [0, 0.1) is 23.0 Å². The molecule has 0 aliphatic carbocycles. The fraction of sp³-hybridized carbons (Fsp3) is 0.414. The first-order chi connectivity index (χ1) is 20.0. The van der Waals surface area contributed by atoms with Crippen molar-refractivity contribution in [2.24, 2.45) is 0 Å². The largest absolute Gasteiger partial charge is 0.444 e. The van der Waals surface area contributed by atoms with Crippen molar-refractivity contribution < 1.29 is 23.0 Å². The summed E-state index contributed by atoms with van der Waals surface area (Å²) < 4.78 is 42.9. The molecule has 1 saturated heterocycles. The van der Waals surface area contributed by atoms with Gasteiger partial charge in [0, 0.05) is 41.7 Å². The second kappa shape index (κ2) is 10.4. The number of nitriles is 1. The van der Waals surface area contributed by atoms with Crippen LogP contribution in [0.25, 0.3) is 32.2 Å². The van der Waals surface area contributed by atoms with Crippen molar-refractivity contribution in [2.75, 3.05) is 37.4 Å². The first-order valence-corrected chi connectivity index (χ1v) is 14.3. The fourth-order valence-corrected chi connectivity index (χ4v) is 6.54. The quantitative estimate of drug-likeness (QED) is 0.324. The van der Waals surface area contributed by atoms with Crippen LogP contribution in [0.3, 0.4) is 0 Å². The third-order valence-electron chi connectivity index (χ3n) is 7.50. The minimum atomic E-state index is -0.797. The molecule has 10 nitrogen and oxygen atoms in total. The molecule has 2 aliphatic rings. The van der Waals surface area contributed by atoms with Crippen LogP contribution >= 0.6 is 11.3 Å². The van der Waals surface area contributed by atoms with Gasteiger partial charge < -0.3 is 19.3 Å². The van der Waals surface area contributed by atoms with E-state index in [1.165, 1.54) is 0 Å². The minimum absolute atomic E-state index is 0.0369. The third kappa shape index (κ3) is 4.79. The average Bonchev–Trinajstić information content (AvgIpc) is 3.67. The number of thiophene rings is 1. The van der Waals surface area contributed by atoms with Crippen molar-refractivity contribution in [2.45, 2.75) is 52.0 Å². The van der Waals surface area contributed by atoms with Gasteiger partial charge in [-0.2, -0.15) is 5.26 Å². The molecule has 2 aliphatic heterocycles. The van der Waals surface area contributed by atoms with Gasteiger partial charge in [-0.3, -0.25) is 10.3 Å². The van der Waals surface area contributed by atoms with Crippen LogP contribution in [-0.4, -0.2) is 64.8 Å². The van der Waals surface area contributed by atoms with Gasteiger partial charge in [0.25, 0.3) is 0 Å². The second-order valence-electron chi connectivity index (χ2n) is 11.6. The summed E-state index contributed by atoms with van der Waals surface area (Å²) >= 11 is 0.863. The standard InChI is InChI=1S/C29H29F2N7O3S/c1-29(2,3)41-28(39)36-26-15(8-32)21-24(33-10-19(30)25(21)42-26)20-18-13-40-12-17(18)16-9-34-27(35-23(16)22(20)31)38-7-6-14(11-38)37(4)5/h9-10,14H,6-7,11-13H2,1-5H3,(H,36,39)/t14-/m1/s1. The minimum Gasteiger partial charge on any atom is -0.444 e. The van der Waals surface area contributed by atoms with Gasteiger partial charge in [-0.05, 0) is 52.4 Å². The van der Waals surface area contributed by atoms with E-state index < -0.39 is 23.3 Å². The summed E-state index contributed by atoms with van der Waals surface area (Å²) in [6.45, 7) is 6.89. The number of benzene rings is 1. The van der Waals surface area contributed by atoms with Crippen molar-refractivity contribution >= 4 is 49.4 Å². The lowest BCUT2D eigenvalue weighted by atomic mass is 9.94. The number of nitrogens with zero attached hydrogens (tertiary/aromatic N) is 6. The molecule has 218 valence electrons. The molecule has 1 fully saturated rings. The molecule has 1 amide bonds. The Morgan fingerprint density at radius 2 is 2.00 bits per heavy atom. The van der Waals surface area contributed by atoms with E-state index in [1.807, 2.05) is 19.0 Å². The molecule has 0 unspecified atom stereocenters. The first kappa shape index (κ1) is 28.1. The van der Waals surface area contributed by atoms with Crippen LogP contribution in [0.4, 0.5) is 24.5 Å². The van der Waals surface area contributed by atoms with E-state index in [0.29, 0.717) is 22.9 Å². The molecule has 0 radical (unpaired) electrons. The Bertz CT molecular complexity index is 1790. The van der Waals surface area contributed by atoms with Crippen molar-refractivity contribution in [3.05, 3.63) is 40.7 Å². The Kier molecular flexibility index (Phi) is 6.95. The van der Waals surface area contributed by atoms with E-state index in [4.69, 9.17) is 9.47 Å². The highest BCUT2D eigenvalue weighted by Crippen LogP contribution is 2.46. The molecule has 5 heterocycles. The maximum absolute atomic E-state index is 16.7. The van der Waals surface area contributed by atoms with E-state index >= 15 is 8.78 Å². The summed E-state index contributed by atoms with van der Waals surface area (Å²) in [6.07, 6.45) is 2.76. The molecular formula is C29H29F2N7O3S. The number of anilines is 2. The predicted octanol–water partition coefficient (Wildman–Crippen LogP) is 5.57. The lowest BCUT2D eigenvalue weighted by molar-refractivity contribution is 0.0636. The summed E-state index contributed by atoms with van der Waals surface area (Å²) in [7, 11) is 4.05. The van der Waals surface area contributed by atoms with Crippen molar-refractivity contribution in [3.8, 4) is 17.3 Å². The van der Waals surface area contributed by atoms with Crippen molar-refractivity contribution in [1.82, 2.24) is 19.9 Å². The highest BCUT2D eigenvalue weighted by atomic mass is 32.1. The maximum Gasteiger partial charge on any atom is 0.412 e. The first-order valence-electron chi connectivity index (χ1n) is 13.5. The SMILES string of the molecule is CN(C)[C@@H]1CCN(c2ncc3c4c(c(-c5ncc(F)c6sc(NC(=O)OC(C)(C)C)c(C#N)c56)c(F)c3n2)COC4)C1. The molecule has 1 N–H and O–H groups in total. The maximum atomic E-state index is 16.7. The number of nitrogens with one attached hydrogen (secondary N) is 1. The average molecular weight is 594 g/mol. The molecule has 3 aromatic heterocycles. The molecular weight excluding hydrogens is 564 g/mol. The van der Waals surface area contributed by atoms with Crippen LogP contribution in [0.15, 0.2) is 12.4 Å². The fourth-order valence-electron chi connectivity index (χ4n) is 5.50. The number of amides is 1. The molecule has 0 spiro atoms. The van der Waals surface area contributed by atoms with Gasteiger partial charge in [0.15, 0.2) is 11.6 Å². The van der Waals surface area contributed by atoms with E-state index in [0.717, 1.165) is 42.6 Å². The zero-order chi connectivity index (χ0) is 29.9. The van der Waals surface area contributed by atoms with Crippen LogP contribution in [0.5, 0.6) is 0 Å². The molecule has 0 saturated carbocycles. The van der Waals surface area contributed by atoms with Crippen molar-refractivity contribution in [3.63, 3.8) is 0 Å². The number of likely N-dealkylation sites (N-methyl/N-ethyl adjacent to an activating group) is 1. The normalized spacial score (nSPS) is 16.8. The van der Waals surface area contributed by atoms with Gasteiger partial charge in [0.2, 0.25) is 5.95 Å². The van der Waals surface area contributed by atoms with Crippen LogP contribution in [0.1, 0.15) is 43.9 Å². The predicted molar refractivity (Wildman–Crippen MR) is 155 cm³/mol. The highest BCUT2D eigenvalue weighted by molar-refractivity contribution is 7.23. The number of hydrogen-bond acceptors (Lipinski definition) is 10. The molecule has 1 aromatic carbocycles. The van der Waals surface area contributed by atoms with E-state index in [-0.39, 0.29) is 50.6 Å². The zero-order valence-electron chi connectivity index (χ0n) is 23.8. The number of carbonyl (C=O) groups is 1. The number of hydrogen-bond donors (Lipinski definition) is 1. The Labute approximate surface area is 244 Å². The summed E-state index contributed by atoms with van der Waals surface area (Å²) in [5.41, 5.74) is 0.714. The molecule has 13 heteroatoms. The molecule has 4 aromatic rings. The molecule has 6 rings (SSSR count). The Balaban J connectivity index is 1.53. The summed E-state index contributed by atoms with van der Waals surface area (Å²) in [5.74, 6) is -0.932. The summed E-state index contributed by atoms with van der Waals surface area (Å²) in [4.78, 5) is 30.2. The van der Waals surface area contributed by atoms with E-state index in [1.54, 1.807) is 27.0 Å². The smallest absolute Gasteiger partial charge is 0.412 e. The zero-order valence-corrected chi connectivity index (χ0v) is 24.7. The lowest BCUT2D eigenvalue weighted by Gasteiger charge is -2.21. The number of ether oxygens (including phenoxy) is 2. The number of pyridine rings is 1. The Morgan fingerprint density at radius 1 is 1.24 bits per heavy atom. The van der Waals surface area contributed by atoms with E-state index in [2.05, 4.69) is 31.2 Å². The number of rotatable bonds is 4. The van der Waals surface area contributed by atoms with Gasteiger partial charge in [-0.1, -0.05) is 0 Å². The highest BCUT2D eigenvalue weighted by Gasteiger charge is 2.32. The molecule has 42 heavy (non-hydrogen) atoms. The van der Waals surface area contributed by atoms with Crippen molar-refractivity contribution in [1.29, 1.82) is 5.26 Å². The lowest BCUT2D eigenvalue weighted by Crippen LogP contribution is -2.32. The topological polar surface area (TPSA) is 116 Å². The van der Waals surface area contributed by atoms with Crippen LogP contribution < -0.4 is 10.2 Å². The number of aromatic nitrogens is 3. The summed E-state index contributed by atoms with van der Waals surface area (Å²) in [6, 6.07) is 2.39. The third-order valence-corrected chi connectivity index (χ3v) is 8.61.